The fourth-order valence-corrected chi connectivity index (χ4v) is 3.97. The van der Waals surface area contributed by atoms with Gasteiger partial charge in [-0.05, 0) is 66.0 Å². The quantitative estimate of drug-likeness (QED) is 0.125. The molecule has 0 aliphatic heterocycles. The summed E-state index contributed by atoms with van der Waals surface area (Å²) in [6.45, 7) is 17.0. The number of carbonyl (C=O) groups is 1. The molecule has 0 aliphatic rings. The molecule has 0 N–H and O–H groups in total. The van der Waals surface area contributed by atoms with Gasteiger partial charge in [0.05, 0.1) is 0 Å². The highest BCUT2D eigenvalue weighted by atomic mass is 16.6. The molecule has 0 atom stereocenters. The number of unbranched alkanes of at least 4 members (excludes halogenated alkanes) is 12. The number of rotatable bonds is 21. The molecule has 0 saturated carbocycles. The van der Waals surface area contributed by atoms with Gasteiger partial charge in [-0.1, -0.05) is 90.7 Å². The molecule has 0 aromatic rings. The number of allylic oxidation sites excluding steroid dienone is 2. The lowest BCUT2D eigenvalue weighted by atomic mass is 10.1. The fourth-order valence-electron chi connectivity index (χ4n) is 3.97. The number of likely N-dealkylation sites (N-methyl/N-ethyl adjacent to an activating group) is 1. The molecule has 196 valence electrons. The Morgan fingerprint density at radius 1 is 0.667 bits per heavy atom. The topological polar surface area (TPSA) is 32.8 Å². The van der Waals surface area contributed by atoms with Crippen molar-refractivity contribution < 1.29 is 9.53 Å². The van der Waals surface area contributed by atoms with E-state index in [4.69, 9.17) is 4.74 Å². The highest BCUT2D eigenvalue weighted by Gasteiger charge is 2.22. The van der Waals surface area contributed by atoms with Crippen LogP contribution in [0.5, 0.6) is 0 Å². The largest absolute Gasteiger partial charge is 0.444 e. The van der Waals surface area contributed by atoms with Gasteiger partial charge in [-0.15, -0.1) is 0 Å². The molecule has 0 unspecified atom stereocenters. The first kappa shape index (κ1) is 32.0. The van der Waals surface area contributed by atoms with Crippen LogP contribution in [0.2, 0.25) is 0 Å². The van der Waals surface area contributed by atoms with E-state index >= 15 is 0 Å². The van der Waals surface area contributed by atoms with E-state index in [0.717, 1.165) is 39.1 Å². The maximum Gasteiger partial charge on any atom is 0.410 e. The second-order valence-corrected chi connectivity index (χ2v) is 10.4. The number of hydrogen-bond donors (Lipinski definition) is 0. The Morgan fingerprint density at radius 2 is 1.15 bits per heavy atom. The van der Waals surface area contributed by atoms with Crippen molar-refractivity contribution in [3.63, 3.8) is 0 Å². The molecule has 0 rings (SSSR count). The van der Waals surface area contributed by atoms with Gasteiger partial charge in [-0.25, -0.2) is 4.79 Å². The lowest BCUT2D eigenvalue weighted by Gasteiger charge is -2.29. The Kier molecular flexibility index (Phi) is 20.8. The Labute approximate surface area is 207 Å². The molecule has 0 bridgehead atoms. The van der Waals surface area contributed by atoms with Crippen molar-refractivity contribution in [3.8, 4) is 0 Å². The van der Waals surface area contributed by atoms with Gasteiger partial charge in [0.1, 0.15) is 5.60 Å². The molecule has 1 amide bonds. The third-order valence-corrected chi connectivity index (χ3v) is 6.17. The first-order valence-electron chi connectivity index (χ1n) is 14.2. The van der Waals surface area contributed by atoms with E-state index in [1.165, 1.54) is 83.5 Å². The van der Waals surface area contributed by atoms with Crippen molar-refractivity contribution in [3.05, 3.63) is 12.2 Å². The van der Waals surface area contributed by atoms with Crippen molar-refractivity contribution in [1.82, 2.24) is 9.80 Å². The Bertz CT molecular complexity index is 467. The minimum absolute atomic E-state index is 0.164. The lowest BCUT2D eigenvalue weighted by Crippen LogP contribution is -2.42. The van der Waals surface area contributed by atoms with Crippen LogP contribution in [0.25, 0.3) is 0 Å². The van der Waals surface area contributed by atoms with E-state index in [1.807, 2.05) is 25.7 Å². The van der Waals surface area contributed by atoms with Gasteiger partial charge in [-0.2, -0.15) is 0 Å². The Hall–Kier alpha value is -1.03. The SMILES string of the molecule is CCCCCCCC/C=C\CCCCCCCCN(CCN(CC)CC)C(=O)OC(C)(C)C. The lowest BCUT2D eigenvalue weighted by molar-refractivity contribution is 0.0230. The summed E-state index contributed by atoms with van der Waals surface area (Å²) in [4.78, 5) is 16.9. The van der Waals surface area contributed by atoms with Crippen molar-refractivity contribution in [2.75, 3.05) is 32.7 Å². The first-order valence-corrected chi connectivity index (χ1v) is 14.2. The summed E-state index contributed by atoms with van der Waals surface area (Å²) in [6.07, 6.45) is 22.9. The van der Waals surface area contributed by atoms with Crippen LogP contribution in [-0.4, -0.2) is 54.2 Å². The first-order chi connectivity index (χ1) is 15.8. The van der Waals surface area contributed by atoms with Gasteiger partial charge in [-0.3, -0.25) is 0 Å². The maximum atomic E-state index is 12.6. The van der Waals surface area contributed by atoms with Crippen molar-refractivity contribution >= 4 is 6.09 Å². The van der Waals surface area contributed by atoms with Gasteiger partial charge in [0.2, 0.25) is 0 Å². The number of nitrogens with zero attached hydrogens (tertiary/aromatic N) is 2. The Morgan fingerprint density at radius 3 is 1.64 bits per heavy atom. The molecule has 0 spiro atoms. The molecule has 0 aliphatic carbocycles. The molecule has 0 heterocycles. The van der Waals surface area contributed by atoms with Gasteiger partial charge in [0.15, 0.2) is 0 Å². The molecule has 33 heavy (non-hydrogen) atoms. The van der Waals surface area contributed by atoms with E-state index in [-0.39, 0.29) is 6.09 Å². The second-order valence-electron chi connectivity index (χ2n) is 10.4. The average Bonchev–Trinajstić information content (AvgIpc) is 2.76. The zero-order valence-electron chi connectivity index (χ0n) is 23.3. The van der Waals surface area contributed by atoms with Crippen LogP contribution in [-0.2, 0) is 4.74 Å². The highest BCUT2D eigenvalue weighted by molar-refractivity contribution is 5.68. The van der Waals surface area contributed by atoms with Crippen LogP contribution >= 0.6 is 0 Å². The molecule has 0 saturated heterocycles. The summed E-state index contributed by atoms with van der Waals surface area (Å²) in [6, 6.07) is 0. The number of hydrogen-bond acceptors (Lipinski definition) is 3. The van der Waals surface area contributed by atoms with E-state index in [0.29, 0.717) is 0 Å². The molecule has 4 heteroatoms. The van der Waals surface area contributed by atoms with Crippen molar-refractivity contribution in [2.45, 2.75) is 137 Å². The van der Waals surface area contributed by atoms with Gasteiger partial charge < -0.3 is 14.5 Å². The minimum atomic E-state index is -0.437. The van der Waals surface area contributed by atoms with E-state index < -0.39 is 5.60 Å². The summed E-state index contributed by atoms with van der Waals surface area (Å²) in [7, 11) is 0. The van der Waals surface area contributed by atoms with Crippen LogP contribution in [0.4, 0.5) is 4.79 Å². The van der Waals surface area contributed by atoms with Crippen molar-refractivity contribution in [2.24, 2.45) is 0 Å². The second kappa shape index (κ2) is 21.5. The van der Waals surface area contributed by atoms with Crippen LogP contribution in [0.3, 0.4) is 0 Å². The monoisotopic (exact) mass is 466 g/mol. The third-order valence-electron chi connectivity index (χ3n) is 6.17. The van der Waals surface area contributed by atoms with Crippen LogP contribution in [0, 0.1) is 0 Å². The van der Waals surface area contributed by atoms with E-state index in [1.54, 1.807) is 0 Å². The van der Waals surface area contributed by atoms with Gasteiger partial charge >= 0.3 is 6.09 Å². The van der Waals surface area contributed by atoms with Crippen LogP contribution < -0.4 is 0 Å². The number of ether oxygens (including phenoxy) is 1. The molecule has 4 nitrogen and oxygen atoms in total. The average molecular weight is 467 g/mol. The molecule has 0 fully saturated rings. The zero-order chi connectivity index (χ0) is 24.8. The molecule has 0 radical (unpaired) electrons. The van der Waals surface area contributed by atoms with Gasteiger partial charge in [0, 0.05) is 19.6 Å². The summed E-state index contributed by atoms with van der Waals surface area (Å²) in [5.41, 5.74) is -0.437. The number of amides is 1. The van der Waals surface area contributed by atoms with E-state index in [2.05, 4.69) is 37.8 Å². The third kappa shape index (κ3) is 21.3. The fraction of sp³-hybridized carbons (Fsp3) is 0.897. The summed E-state index contributed by atoms with van der Waals surface area (Å²) in [5, 5.41) is 0. The zero-order valence-corrected chi connectivity index (χ0v) is 23.3. The molecule has 0 aromatic carbocycles. The minimum Gasteiger partial charge on any atom is -0.444 e. The summed E-state index contributed by atoms with van der Waals surface area (Å²) in [5.74, 6) is 0. The number of carbonyl (C=O) groups excluding carboxylic acids is 1. The standard InChI is InChI=1S/C29H58N2O2/c1-7-10-11-12-13-14-15-16-17-18-19-20-21-22-23-24-25-31(27-26-30(8-2)9-3)28(32)33-29(4,5)6/h16-17H,7-15,18-27H2,1-6H3/b17-16-. The van der Waals surface area contributed by atoms with Gasteiger partial charge in [0.25, 0.3) is 0 Å². The highest BCUT2D eigenvalue weighted by Crippen LogP contribution is 2.13. The van der Waals surface area contributed by atoms with E-state index in [9.17, 15) is 4.79 Å². The Balaban J connectivity index is 3.89. The van der Waals surface area contributed by atoms with Crippen LogP contribution in [0.1, 0.15) is 131 Å². The molecular weight excluding hydrogens is 408 g/mol. The summed E-state index contributed by atoms with van der Waals surface area (Å²) < 4.78 is 5.64. The van der Waals surface area contributed by atoms with Crippen molar-refractivity contribution in [1.29, 1.82) is 0 Å². The molecule has 0 aromatic heterocycles. The molecular formula is C29H58N2O2. The normalized spacial score (nSPS) is 12.1. The smallest absolute Gasteiger partial charge is 0.410 e. The predicted octanol–water partition coefficient (Wildman–Crippen LogP) is 8.60. The maximum absolute atomic E-state index is 12.6. The summed E-state index contributed by atoms with van der Waals surface area (Å²) >= 11 is 0. The predicted molar refractivity (Wildman–Crippen MR) is 145 cm³/mol. The van der Waals surface area contributed by atoms with Crippen LogP contribution in [0.15, 0.2) is 12.2 Å².